The predicted octanol–water partition coefficient (Wildman–Crippen LogP) is 5.35. The molecule has 4 aliphatic rings. The van der Waals surface area contributed by atoms with Gasteiger partial charge in [0.15, 0.2) is 0 Å². The van der Waals surface area contributed by atoms with Crippen LogP contribution in [-0.2, 0) is 5.54 Å². The van der Waals surface area contributed by atoms with Crippen LogP contribution in [0.15, 0.2) is 36.7 Å². The van der Waals surface area contributed by atoms with Crippen LogP contribution >= 0.6 is 0 Å². The molecule has 0 amide bonds. The fraction of sp³-hybridized carbons (Fsp3) is 0.600. The van der Waals surface area contributed by atoms with Crippen molar-refractivity contribution in [2.24, 2.45) is 16.7 Å². The van der Waals surface area contributed by atoms with Gasteiger partial charge in [-0.1, -0.05) is 38.1 Å². The molecule has 1 heterocycles. The quantitative estimate of drug-likeness (QED) is 0.663. The van der Waals surface area contributed by atoms with E-state index < -0.39 is 0 Å². The SMILES string of the molecule is CC12CC3CC(C)(C1)CC(n1cc4ccccc4c1)(C3)C2. The van der Waals surface area contributed by atoms with Crippen molar-refractivity contribution in [1.82, 2.24) is 4.57 Å². The molecule has 2 aromatic rings. The minimum Gasteiger partial charge on any atom is -0.347 e. The second-order valence-corrected chi connectivity index (χ2v) is 9.15. The van der Waals surface area contributed by atoms with Gasteiger partial charge in [0.1, 0.15) is 0 Å². The van der Waals surface area contributed by atoms with Crippen LogP contribution in [0.25, 0.3) is 10.8 Å². The molecule has 0 radical (unpaired) electrons. The van der Waals surface area contributed by atoms with E-state index in [1.54, 1.807) is 0 Å². The van der Waals surface area contributed by atoms with Crippen molar-refractivity contribution in [3.63, 3.8) is 0 Å². The van der Waals surface area contributed by atoms with Gasteiger partial charge in [-0.15, -0.1) is 0 Å². The van der Waals surface area contributed by atoms with Gasteiger partial charge in [0, 0.05) is 17.9 Å². The first kappa shape index (κ1) is 12.3. The van der Waals surface area contributed by atoms with Crippen molar-refractivity contribution in [3.8, 4) is 0 Å². The highest BCUT2D eigenvalue weighted by Gasteiger charge is 2.60. The van der Waals surface area contributed by atoms with Crippen LogP contribution in [0.2, 0.25) is 0 Å². The summed E-state index contributed by atoms with van der Waals surface area (Å²) in [6.07, 6.45) is 13.5. The van der Waals surface area contributed by atoms with Crippen LogP contribution in [0.5, 0.6) is 0 Å². The third kappa shape index (κ3) is 1.64. The standard InChI is InChI=1S/C20H25N/c1-18-7-15-8-19(2,12-18)14-20(9-15,13-18)21-10-16-5-3-4-6-17(16)11-21/h3-6,10-11,15H,7-9,12-14H2,1-2H3. The molecule has 4 saturated carbocycles. The third-order valence-corrected chi connectivity index (χ3v) is 6.70. The van der Waals surface area contributed by atoms with Gasteiger partial charge in [0.2, 0.25) is 0 Å². The van der Waals surface area contributed by atoms with Crippen LogP contribution in [0.3, 0.4) is 0 Å². The van der Waals surface area contributed by atoms with Crippen molar-refractivity contribution in [3.05, 3.63) is 36.7 Å². The molecule has 0 spiro atoms. The van der Waals surface area contributed by atoms with E-state index in [9.17, 15) is 0 Å². The maximum Gasteiger partial charge on any atom is 0.0453 e. The Morgan fingerprint density at radius 2 is 1.43 bits per heavy atom. The highest BCUT2D eigenvalue weighted by atomic mass is 15.1. The maximum absolute atomic E-state index is 2.62. The zero-order valence-electron chi connectivity index (χ0n) is 13.2. The smallest absolute Gasteiger partial charge is 0.0453 e. The number of benzene rings is 1. The van der Waals surface area contributed by atoms with E-state index in [4.69, 9.17) is 0 Å². The maximum atomic E-state index is 2.62. The Balaban J connectivity index is 1.67. The van der Waals surface area contributed by atoms with Crippen molar-refractivity contribution < 1.29 is 0 Å². The fourth-order valence-electron chi connectivity index (χ4n) is 7.03. The summed E-state index contributed by atoms with van der Waals surface area (Å²) in [6, 6.07) is 8.84. The summed E-state index contributed by atoms with van der Waals surface area (Å²) >= 11 is 0. The van der Waals surface area contributed by atoms with Crippen molar-refractivity contribution in [2.75, 3.05) is 0 Å². The van der Waals surface area contributed by atoms with E-state index in [1.165, 1.54) is 49.3 Å². The van der Waals surface area contributed by atoms with Crippen LogP contribution in [0.4, 0.5) is 0 Å². The minimum absolute atomic E-state index is 0.405. The topological polar surface area (TPSA) is 4.93 Å². The van der Waals surface area contributed by atoms with Gasteiger partial charge in [-0.2, -0.15) is 0 Å². The molecule has 21 heavy (non-hydrogen) atoms. The fourth-order valence-corrected chi connectivity index (χ4v) is 7.03. The molecule has 1 heteroatoms. The third-order valence-electron chi connectivity index (χ3n) is 6.70. The molecular weight excluding hydrogens is 254 g/mol. The molecule has 110 valence electrons. The highest BCUT2D eigenvalue weighted by Crippen LogP contribution is 2.68. The first-order chi connectivity index (χ1) is 9.98. The number of hydrogen-bond donors (Lipinski definition) is 0. The summed E-state index contributed by atoms with van der Waals surface area (Å²) < 4.78 is 2.62. The molecule has 6 rings (SSSR count). The normalized spacial score (nSPS) is 44.6. The Labute approximate surface area is 127 Å². The summed E-state index contributed by atoms with van der Waals surface area (Å²) in [5, 5.41) is 2.81. The van der Waals surface area contributed by atoms with Crippen molar-refractivity contribution in [2.45, 2.75) is 57.9 Å². The van der Waals surface area contributed by atoms with E-state index in [0.29, 0.717) is 16.4 Å². The van der Waals surface area contributed by atoms with E-state index >= 15 is 0 Å². The number of nitrogens with zero attached hydrogens (tertiary/aromatic N) is 1. The number of fused-ring (bicyclic) bond motifs is 1. The summed E-state index contributed by atoms with van der Waals surface area (Å²) in [6.45, 7) is 5.13. The van der Waals surface area contributed by atoms with E-state index in [0.717, 1.165) is 5.92 Å². The largest absolute Gasteiger partial charge is 0.347 e. The second kappa shape index (κ2) is 3.56. The molecule has 4 aliphatic carbocycles. The predicted molar refractivity (Wildman–Crippen MR) is 87.3 cm³/mol. The minimum atomic E-state index is 0.405. The molecule has 0 aliphatic heterocycles. The van der Waals surface area contributed by atoms with Gasteiger partial charge in [-0.05, 0) is 66.0 Å². The van der Waals surface area contributed by atoms with Gasteiger partial charge in [0.25, 0.3) is 0 Å². The average molecular weight is 279 g/mol. The molecule has 1 nitrogen and oxygen atoms in total. The molecule has 2 atom stereocenters. The van der Waals surface area contributed by atoms with Gasteiger partial charge >= 0.3 is 0 Å². The highest BCUT2D eigenvalue weighted by molar-refractivity contribution is 5.82. The van der Waals surface area contributed by atoms with Crippen molar-refractivity contribution in [1.29, 1.82) is 0 Å². The van der Waals surface area contributed by atoms with Crippen LogP contribution in [-0.4, -0.2) is 4.57 Å². The monoisotopic (exact) mass is 279 g/mol. The lowest BCUT2D eigenvalue weighted by molar-refractivity contribution is -0.135. The zero-order valence-corrected chi connectivity index (χ0v) is 13.2. The van der Waals surface area contributed by atoms with Crippen LogP contribution < -0.4 is 0 Å². The Morgan fingerprint density at radius 3 is 1.95 bits per heavy atom. The lowest BCUT2D eigenvalue weighted by Gasteiger charge is -2.65. The van der Waals surface area contributed by atoms with E-state index in [-0.39, 0.29) is 0 Å². The first-order valence-electron chi connectivity index (χ1n) is 8.55. The van der Waals surface area contributed by atoms with Gasteiger partial charge < -0.3 is 4.57 Å². The molecule has 4 fully saturated rings. The van der Waals surface area contributed by atoms with Gasteiger partial charge in [-0.3, -0.25) is 0 Å². The van der Waals surface area contributed by atoms with Crippen molar-refractivity contribution >= 4 is 10.8 Å². The Kier molecular flexibility index (Phi) is 2.09. The number of rotatable bonds is 1. The number of hydrogen-bond acceptors (Lipinski definition) is 0. The molecule has 0 saturated heterocycles. The number of aromatic nitrogens is 1. The van der Waals surface area contributed by atoms with E-state index in [2.05, 4.69) is 55.1 Å². The molecule has 4 bridgehead atoms. The Bertz CT molecular complexity index is 673. The summed E-state index contributed by atoms with van der Waals surface area (Å²) in [5.41, 5.74) is 1.58. The summed E-state index contributed by atoms with van der Waals surface area (Å²) in [4.78, 5) is 0. The Hall–Kier alpha value is -1.24. The molecule has 1 aromatic heterocycles. The van der Waals surface area contributed by atoms with Gasteiger partial charge in [0.05, 0.1) is 0 Å². The van der Waals surface area contributed by atoms with Crippen LogP contribution in [0.1, 0.15) is 52.4 Å². The lowest BCUT2D eigenvalue weighted by Crippen LogP contribution is -2.58. The molecule has 2 unspecified atom stereocenters. The molecule has 1 aromatic carbocycles. The van der Waals surface area contributed by atoms with E-state index in [1.807, 2.05) is 0 Å². The summed E-state index contributed by atoms with van der Waals surface area (Å²) in [7, 11) is 0. The first-order valence-corrected chi connectivity index (χ1v) is 8.55. The zero-order chi connectivity index (χ0) is 14.3. The molecule has 0 N–H and O–H groups in total. The average Bonchev–Trinajstić information content (AvgIpc) is 2.78. The Morgan fingerprint density at radius 1 is 0.857 bits per heavy atom. The summed E-state index contributed by atoms with van der Waals surface area (Å²) in [5.74, 6) is 0.960. The lowest BCUT2D eigenvalue weighted by atomic mass is 9.42. The van der Waals surface area contributed by atoms with Gasteiger partial charge in [-0.25, -0.2) is 0 Å². The second-order valence-electron chi connectivity index (χ2n) is 9.15. The molecular formula is C20H25N. The van der Waals surface area contributed by atoms with Crippen LogP contribution in [0, 0.1) is 16.7 Å².